The zero-order valence-corrected chi connectivity index (χ0v) is 13.4. The van der Waals surface area contributed by atoms with E-state index in [-0.39, 0.29) is 17.9 Å². The third-order valence-electron chi connectivity index (χ3n) is 3.67. The van der Waals surface area contributed by atoms with Gasteiger partial charge in [0.15, 0.2) is 5.78 Å². The summed E-state index contributed by atoms with van der Waals surface area (Å²) in [6, 6.07) is 11.3. The van der Waals surface area contributed by atoms with Gasteiger partial charge in [0.05, 0.1) is 6.04 Å². The van der Waals surface area contributed by atoms with Crippen LogP contribution >= 0.6 is 22.9 Å². The number of thiophene rings is 1. The quantitative estimate of drug-likeness (QED) is 0.748. The van der Waals surface area contributed by atoms with Gasteiger partial charge in [-0.15, -0.1) is 11.3 Å². The second kappa shape index (κ2) is 6.53. The topological polar surface area (TPSA) is 20.3 Å². The van der Waals surface area contributed by atoms with Crippen molar-refractivity contribution >= 4 is 28.7 Å². The van der Waals surface area contributed by atoms with Crippen molar-refractivity contribution in [2.24, 2.45) is 0 Å². The lowest BCUT2D eigenvalue weighted by atomic mass is 10.0. The van der Waals surface area contributed by atoms with E-state index in [2.05, 4.69) is 23.3 Å². The molecule has 2 nitrogen and oxygen atoms in total. The first-order valence-corrected chi connectivity index (χ1v) is 7.81. The number of hydrogen-bond donors (Lipinski definition) is 0. The normalized spacial score (nSPS) is 14.2. The number of Topliss-reactive ketones (excluding diaryl/α,β-unsaturated/α-hetero) is 1. The third-order valence-corrected chi connectivity index (χ3v) is 4.94. The van der Waals surface area contributed by atoms with Crippen molar-refractivity contribution in [3.8, 4) is 0 Å². The first-order valence-electron chi connectivity index (χ1n) is 6.56. The Morgan fingerprint density at radius 2 is 2.00 bits per heavy atom. The van der Waals surface area contributed by atoms with E-state index < -0.39 is 0 Å². The van der Waals surface area contributed by atoms with E-state index in [4.69, 9.17) is 11.6 Å². The Morgan fingerprint density at radius 3 is 2.60 bits per heavy atom. The van der Waals surface area contributed by atoms with Crippen molar-refractivity contribution in [1.82, 2.24) is 4.90 Å². The Hall–Kier alpha value is -1.16. The summed E-state index contributed by atoms with van der Waals surface area (Å²) in [5.41, 5.74) is 0.662. The lowest BCUT2D eigenvalue weighted by Crippen LogP contribution is -2.37. The molecule has 0 aliphatic rings. The van der Waals surface area contributed by atoms with E-state index in [0.29, 0.717) is 10.6 Å². The number of carbonyl (C=O) groups is 1. The highest BCUT2D eigenvalue weighted by Crippen LogP contribution is 2.26. The maximum atomic E-state index is 12.5. The molecule has 0 aliphatic heterocycles. The Morgan fingerprint density at radius 1 is 1.25 bits per heavy atom. The fraction of sp³-hybridized carbons (Fsp3) is 0.312. The van der Waals surface area contributed by atoms with Crippen LogP contribution in [0, 0.1) is 0 Å². The molecule has 106 valence electrons. The lowest BCUT2D eigenvalue weighted by molar-refractivity contribution is 0.0828. The summed E-state index contributed by atoms with van der Waals surface area (Å²) in [6.07, 6.45) is 0. The molecule has 0 radical (unpaired) electrons. The fourth-order valence-electron chi connectivity index (χ4n) is 2.13. The fourth-order valence-corrected chi connectivity index (χ4v) is 3.16. The standard InChI is InChI=1S/C16H18ClNOS/c1-11(15-8-5-9-20-15)18(3)12(2)16(19)13-6-4-7-14(17)10-13/h4-12H,1-3H3. The molecule has 2 unspecified atom stereocenters. The highest BCUT2D eigenvalue weighted by atomic mass is 35.5. The summed E-state index contributed by atoms with van der Waals surface area (Å²) in [7, 11) is 1.98. The van der Waals surface area contributed by atoms with Gasteiger partial charge in [0, 0.05) is 21.5 Å². The number of halogens is 1. The van der Waals surface area contributed by atoms with Crippen LogP contribution in [-0.4, -0.2) is 23.8 Å². The minimum atomic E-state index is -0.189. The van der Waals surface area contributed by atoms with Gasteiger partial charge in [-0.25, -0.2) is 0 Å². The molecule has 4 heteroatoms. The van der Waals surface area contributed by atoms with Gasteiger partial charge >= 0.3 is 0 Å². The average Bonchev–Trinajstić information content (AvgIpc) is 2.98. The zero-order chi connectivity index (χ0) is 14.7. The first-order chi connectivity index (χ1) is 9.50. The largest absolute Gasteiger partial charge is 0.292 e. The van der Waals surface area contributed by atoms with E-state index in [1.807, 2.05) is 32.2 Å². The Bertz CT molecular complexity index is 582. The number of nitrogens with zero attached hydrogens (tertiary/aromatic N) is 1. The molecule has 2 atom stereocenters. The molecule has 2 aromatic rings. The van der Waals surface area contributed by atoms with Gasteiger partial charge in [-0.1, -0.05) is 29.8 Å². The second-order valence-electron chi connectivity index (χ2n) is 4.91. The molecule has 0 N–H and O–H groups in total. The number of hydrogen-bond acceptors (Lipinski definition) is 3. The highest BCUT2D eigenvalue weighted by molar-refractivity contribution is 7.10. The van der Waals surface area contributed by atoms with Crippen LogP contribution in [0.25, 0.3) is 0 Å². The van der Waals surface area contributed by atoms with Crippen molar-refractivity contribution in [3.63, 3.8) is 0 Å². The van der Waals surface area contributed by atoms with E-state index in [9.17, 15) is 4.79 Å². The monoisotopic (exact) mass is 307 g/mol. The molecule has 1 aromatic carbocycles. The molecular formula is C16H18ClNOS. The van der Waals surface area contributed by atoms with Crippen molar-refractivity contribution in [2.45, 2.75) is 25.9 Å². The Balaban J connectivity index is 2.14. The van der Waals surface area contributed by atoms with Crippen LogP contribution in [0.15, 0.2) is 41.8 Å². The van der Waals surface area contributed by atoms with Crippen molar-refractivity contribution in [3.05, 3.63) is 57.2 Å². The van der Waals surface area contributed by atoms with Crippen LogP contribution in [0.3, 0.4) is 0 Å². The molecule has 0 saturated heterocycles. The van der Waals surface area contributed by atoms with Crippen LogP contribution in [-0.2, 0) is 0 Å². The number of benzene rings is 1. The van der Waals surface area contributed by atoms with Gasteiger partial charge < -0.3 is 0 Å². The summed E-state index contributed by atoms with van der Waals surface area (Å²) in [5.74, 6) is 0.0957. The van der Waals surface area contributed by atoms with Gasteiger partial charge in [0.1, 0.15) is 0 Å². The summed E-state index contributed by atoms with van der Waals surface area (Å²) in [6.45, 7) is 4.06. The maximum absolute atomic E-state index is 12.5. The number of carbonyl (C=O) groups excluding carboxylic acids is 1. The van der Waals surface area contributed by atoms with Gasteiger partial charge in [-0.2, -0.15) is 0 Å². The zero-order valence-electron chi connectivity index (χ0n) is 11.8. The van der Waals surface area contributed by atoms with E-state index in [1.54, 1.807) is 23.5 Å². The molecule has 0 aliphatic carbocycles. The van der Waals surface area contributed by atoms with Crippen LogP contribution in [0.4, 0.5) is 0 Å². The summed E-state index contributed by atoms with van der Waals surface area (Å²) < 4.78 is 0. The lowest BCUT2D eigenvalue weighted by Gasteiger charge is -2.29. The highest BCUT2D eigenvalue weighted by Gasteiger charge is 2.24. The molecule has 20 heavy (non-hydrogen) atoms. The van der Waals surface area contributed by atoms with Crippen LogP contribution < -0.4 is 0 Å². The van der Waals surface area contributed by atoms with Crippen molar-refractivity contribution < 1.29 is 4.79 Å². The predicted octanol–water partition coefficient (Wildman–Crippen LogP) is 4.67. The minimum Gasteiger partial charge on any atom is -0.292 e. The number of rotatable bonds is 5. The summed E-state index contributed by atoms with van der Waals surface area (Å²) in [4.78, 5) is 15.9. The van der Waals surface area contributed by atoms with E-state index in [1.165, 1.54) is 4.88 Å². The third kappa shape index (κ3) is 3.29. The van der Waals surface area contributed by atoms with Crippen LogP contribution in [0.2, 0.25) is 5.02 Å². The molecule has 1 aromatic heterocycles. The van der Waals surface area contributed by atoms with Crippen molar-refractivity contribution in [2.75, 3.05) is 7.05 Å². The minimum absolute atomic E-state index is 0.0957. The molecule has 0 fully saturated rings. The summed E-state index contributed by atoms with van der Waals surface area (Å²) in [5, 5.41) is 2.65. The maximum Gasteiger partial charge on any atom is 0.179 e. The van der Waals surface area contributed by atoms with Gasteiger partial charge in [-0.3, -0.25) is 9.69 Å². The van der Waals surface area contributed by atoms with Crippen LogP contribution in [0.1, 0.15) is 35.1 Å². The van der Waals surface area contributed by atoms with Gasteiger partial charge in [0.2, 0.25) is 0 Å². The molecule has 0 bridgehead atoms. The predicted molar refractivity (Wildman–Crippen MR) is 85.7 cm³/mol. The Labute approximate surface area is 129 Å². The SMILES string of the molecule is CC(C(=O)c1cccc(Cl)c1)N(C)C(C)c1cccs1. The average molecular weight is 308 g/mol. The molecule has 2 rings (SSSR count). The van der Waals surface area contributed by atoms with E-state index in [0.717, 1.165) is 0 Å². The molecule has 0 saturated carbocycles. The molecule has 0 spiro atoms. The molecule has 1 heterocycles. The second-order valence-corrected chi connectivity index (χ2v) is 6.32. The van der Waals surface area contributed by atoms with Gasteiger partial charge in [0.25, 0.3) is 0 Å². The Kier molecular flexibility index (Phi) is 4.97. The van der Waals surface area contributed by atoms with Crippen molar-refractivity contribution in [1.29, 1.82) is 0 Å². The van der Waals surface area contributed by atoms with E-state index >= 15 is 0 Å². The first kappa shape index (κ1) is 15.2. The van der Waals surface area contributed by atoms with Crippen LogP contribution in [0.5, 0.6) is 0 Å². The smallest absolute Gasteiger partial charge is 0.179 e. The molecule has 0 amide bonds. The molecular weight excluding hydrogens is 290 g/mol. The number of ketones is 1. The van der Waals surface area contributed by atoms with Gasteiger partial charge in [-0.05, 0) is 44.5 Å². The summed E-state index contributed by atoms with van der Waals surface area (Å²) >= 11 is 7.67. The number of likely N-dealkylation sites (N-methyl/N-ethyl adjacent to an activating group) is 1.